The highest BCUT2D eigenvalue weighted by Crippen LogP contribution is 2.37. The van der Waals surface area contributed by atoms with Crippen LogP contribution in [-0.4, -0.2) is 53.5 Å². The molecule has 1 aromatic heterocycles. The Morgan fingerprint density at radius 2 is 1.87 bits per heavy atom. The Kier molecular flexibility index (Phi) is 8.48. The van der Waals surface area contributed by atoms with E-state index >= 15 is 0 Å². The van der Waals surface area contributed by atoms with Crippen molar-refractivity contribution in [3.05, 3.63) is 55.7 Å². The SMILES string of the molecule is COc1ccc(CCN2C(=O)/C(=C\c3c(C)c(C#N)c(=O)n(C)c3N3CCC(C)CC3)SC2=S)cc1OC. The molecule has 3 heterocycles. The minimum absolute atomic E-state index is 0.0943. The molecular formula is C28H32N4O4S2. The second-order valence-corrected chi connectivity index (χ2v) is 11.3. The zero-order valence-corrected chi connectivity index (χ0v) is 24.0. The summed E-state index contributed by atoms with van der Waals surface area (Å²) in [4.78, 5) is 30.7. The van der Waals surface area contributed by atoms with Crippen molar-refractivity contribution in [1.29, 1.82) is 5.26 Å². The Balaban J connectivity index is 1.65. The second kappa shape index (κ2) is 11.6. The number of rotatable bonds is 7. The molecule has 2 aliphatic heterocycles. The molecule has 1 amide bonds. The summed E-state index contributed by atoms with van der Waals surface area (Å²) in [5, 5.41) is 9.71. The number of hydrogen-bond acceptors (Lipinski definition) is 8. The number of methoxy groups -OCH3 is 2. The minimum atomic E-state index is -0.321. The molecule has 2 fully saturated rings. The largest absolute Gasteiger partial charge is 0.493 e. The van der Waals surface area contributed by atoms with Gasteiger partial charge in [0.2, 0.25) is 0 Å². The summed E-state index contributed by atoms with van der Waals surface area (Å²) in [5.74, 6) is 2.47. The highest BCUT2D eigenvalue weighted by molar-refractivity contribution is 8.26. The number of thioether (sulfide) groups is 1. The monoisotopic (exact) mass is 552 g/mol. The molecule has 8 nitrogen and oxygen atoms in total. The molecule has 0 radical (unpaired) electrons. The number of carbonyl (C=O) groups excluding carboxylic acids is 1. The number of piperidine rings is 1. The van der Waals surface area contributed by atoms with Crippen LogP contribution in [0.2, 0.25) is 0 Å². The Morgan fingerprint density at radius 3 is 2.50 bits per heavy atom. The number of aromatic nitrogens is 1. The fraction of sp³-hybridized carbons (Fsp3) is 0.429. The lowest BCUT2D eigenvalue weighted by molar-refractivity contribution is -0.122. The fourth-order valence-electron chi connectivity index (χ4n) is 4.92. The van der Waals surface area contributed by atoms with Crippen LogP contribution in [-0.2, 0) is 18.3 Å². The van der Waals surface area contributed by atoms with Gasteiger partial charge in [0.05, 0.1) is 19.1 Å². The van der Waals surface area contributed by atoms with Crippen LogP contribution < -0.4 is 19.9 Å². The summed E-state index contributed by atoms with van der Waals surface area (Å²) in [6, 6.07) is 7.75. The summed E-state index contributed by atoms with van der Waals surface area (Å²) in [7, 11) is 4.88. The summed E-state index contributed by atoms with van der Waals surface area (Å²) < 4.78 is 12.7. The van der Waals surface area contributed by atoms with E-state index in [1.54, 1.807) is 43.7 Å². The van der Waals surface area contributed by atoms with Crippen LogP contribution in [0.3, 0.4) is 0 Å². The molecular weight excluding hydrogens is 520 g/mol. The van der Waals surface area contributed by atoms with Crippen molar-refractivity contribution in [3.8, 4) is 17.6 Å². The zero-order valence-electron chi connectivity index (χ0n) is 22.4. The van der Waals surface area contributed by atoms with Crippen LogP contribution in [0.5, 0.6) is 11.5 Å². The maximum absolute atomic E-state index is 13.5. The molecule has 1 aromatic carbocycles. The van der Waals surface area contributed by atoms with Gasteiger partial charge in [-0.05, 0) is 61.4 Å². The maximum Gasteiger partial charge on any atom is 0.270 e. The van der Waals surface area contributed by atoms with Gasteiger partial charge in [-0.1, -0.05) is 37.0 Å². The van der Waals surface area contributed by atoms with Crippen LogP contribution >= 0.6 is 24.0 Å². The van der Waals surface area contributed by atoms with Crippen molar-refractivity contribution in [1.82, 2.24) is 9.47 Å². The Hall–Kier alpha value is -3.29. The van der Waals surface area contributed by atoms with E-state index in [-0.39, 0.29) is 17.0 Å². The number of amides is 1. The standard InChI is InChI=1S/C28H32N4O4S2/c1-17-8-11-31(12-9-17)25-20(18(2)21(16-29)26(33)30(25)3)15-24-27(34)32(28(37)38-24)13-10-19-6-7-22(35-4)23(14-19)36-5/h6-7,14-15,17H,8-13H2,1-5H3/b24-15+. The second-order valence-electron chi connectivity index (χ2n) is 9.66. The van der Waals surface area contributed by atoms with E-state index in [1.807, 2.05) is 18.2 Å². The number of nitrogens with zero attached hydrogens (tertiary/aromatic N) is 4. The number of nitriles is 1. The molecule has 10 heteroatoms. The van der Waals surface area contributed by atoms with Gasteiger partial charge >= 0.3 is 0 Å². The Labute approximate surface area is 232 Å². The third kappa shape index (κ3) is 5.31. The van der Waals surface area contributed by atoms with Crippen molar-refractivity contribution in [3.63, 3.8) is 0 Å². The van der Waals surface area contributed by atoms with Crippen LogP contribution in [0.4, 0.5) is 5.82 Å². The van der Waals surface area contributed by atoms with Crippen molar-refractivity contribution >= 4 is 46.1 Å². The molecule has 0 N–H and O–H groups in total. The smallest absolute Gasteiger partial charge is 0.270 e. The number of anilines is 1. The lowest BCUT2D eigenvalue weighted by Crippen LogP contribution is -2.38. The molecule has 2 aliphatic rings. The van der Waals surface area contributed by atoms with E-state index in [0.717, 1.165) is 42.9 Å². The first kappa shape index (κ1) is 27.7. The van der Waals surface area contributed by atoms with Crippen LogP contribution in [0.1, 0.15) is 42.0 Å². The van der Waals surface area contributed by atoms with Gasteiger partial charge in [-0.15, -0.1) is 0 Å². The number of pyridine rings is 1. The molecule has 0 unspecified atom stereocenters. The van der Waals surface area contributed by atoms with Crippen molar-refractivity contribution in [2.75, 3.05) is 38.8 Å². The van der Waals surface area contributed by atoms with Gasteiger partial charge in [-0.2, -0.15) is 5.26 Å². The van der Waals surface area contributed by atoms with Crippen molar-refractivity contribution in [2.24, 2.45) is 13.0 Å². The quantitative estimate of drug-likeness (QED) is 0.372. The average Bonchev–Trinajstić information content (AvgIpc) is 3.18. The van der Waals surface area contributed by atoms with E-state index in [4.69, 9.17) is 21.7 Å². The summed E-state index contributed by atoms with van der Waals surface area (Å²) >= 11 is 6.83. The van der Waals surface area contributed by atoms with E-state index in [0.29, 0.717) is 45.2 Å². The number of benzene rings is 1. The first-order valence-electron chi connectivity index (χ1n) is 12.5. The highest BCUT2D eigenvalue weighted by Gasteiger charge is 2.33. The lowest BCUT2D eigenvalue weighted by atomic mass is 9.97. The van der Waals surface area contributed by atoms with Gasteiger partial charge in [0.1, 0.15) is 21.8 Å². The predicted octanol–water partition coefficient (Wildman–Crippen LogP) is 4.26. The van der Waals surface area contributed by atoms with E-state index < -0.39 is 0 Å². The Bertz CT molecular complexity index is 1400. The number of thiocarbonyl (C=S) groups is 1. The summed E-state index contributed by atoms with van der Waals surface area (Å²) in [6.07, 6.45) is 4.43. The minimum Gasteiger partial charge on any atom is -0.493 e. The number of carbonyl (C=O) groups is 1. The molecule has 38 heavy (non-hydrogen) atoms. The van der Waals surface area contributed by atoms with Gasteiger partial charge in [0, 0.05) is 32.2 Å². The molecule has 0 spiro atoms. The molecule has 0 saturated carbocycles. The fourth-order valence-corrected chi connectivity index (χ4v) is 6.21. The molecule has 0 aliphatic carbocycles. The maximum atomic E-state index is 13.5. The van der Waals surface area contributed by atoms with Gasteiger partial charge < -0.3 is 14.4 Å². The van der Waals surface area contributed by atoms with Crippen LogP contribution in [0, 0.1) is 24.2 Å². The van der Waals surface area contributed by atoms with Crippen LogP contribution in [0.15, 0.2) is 27.9 Å². The zero-order chi connectivity index (χ0) is 27.6. The first-order chi connectivity index (χ1) is 18.2. The van der Waals surface area contributed by atoms with Gasteiger partial charge in [-0.25, -0.2) is 0 Å². The van der Waals surface area contributed by atoms with E-state index in [2.05, 4.69) is 17.9 Å². The normalized spacial score (nSPS) is 17.3. The van der Waals surface area contributed by atoms with Crippen molar-refractivity contribution < 1.29 is 14.3 Å². The van der Waals surface area contributed by atoms with E-state index in [1.165, 1.54) is 11.8 Å². The third-order valence-electron chi connectivity index (χ3n) is 7.27. The van der Waals surface area contributed by atoms with Gasteiger partial charge in [0.15, 0.2) is 11.5 Å². The lowest BCUT2D eigenvalue weighted by Gasteiger charge is -2.34. The number of hydrogen-bond donors (Lipinski definition) is 0. The molecule has 2 aromatic rings. The molecule has 2 saturated heterocycles. The Morgan fingerprint density at radius 1 is 1.18 bits per heavy atom. The van der Waals surface area contributed by atoms with Crippen LogP contribution in [0.25, 0.3) is 6.08 Å². The first-order valence-corrected chi connectivity index (χ1v) is 13.8. The third-order valence-corrected chi connectivity index (χ3v) is 8.65. The predicted molar refractivity (Wildman–Crippen MR) is 155 cm³/mol. The van der Waals surface area contributed by atoms with Gasteiger partial charge in [-0.3, -0.25) is 19.1 Å². The molecule has 0 bridgehead atoms. The average molecular weight is 553 g/mol. The molecule has 4 rings (SSSR count). The topological polar surface area (TPSA) is 87.8 Å². The highest BCUT2D eigenvalue weighted by atomic mass is 32.2. The number of ether oxygens (including phenoxy) is 2. The van der Waals surface area contributed by atoms with Crippen molar-refractivity contribution in [2.45, 2.75) is 33.1 Å². The van der Waals surface area contributed by atoms with Gasteiger partial charge in [0.25, 0.3) is 11.5 Å². The molecule has 0 atom stereocenters. The summed E-state index contributed by atoms with van der Waals surface area (Å²) in [5.41, 5.74) is 2.07. The van der Waals surface area contributed by atoms with E-state index in [9.17, 15) is 14.9 Å². The summed E-state index contributed by atoms with van der Waals surface area (Å²) in [6.45, 7) is 6.05. The molecule has 200 valence electrons.